The highest BCUT2D eigenvalue weighted by molar-refractivity contribution is 7.20. The van der Waals surface area contributed by atoms with E-state index >= 15 is 0 Å². The fourth-order valence-electron chi connectivity index (χ4n) is 2.08. The van der Waals surface area contributed by atoms with Crippen LogP contribution in [0, 0.1) is 5.82 Å². The van der Waals surface area contributed by atoms with Crippen molar-refractivity contribution in [1.82, 2.24) is 10.3 Å². The molecule has 0 spiro atoms. The van der Waals surface area contributed by atoms with Gasteiger partial charge >= 0.3 is 0 Å². The van der Waals surface area contributed by atoms with Gasteiger partial charge in [-0.25, -0.2) is 9.37 Å². The summed E-state index contributed by atoms with van der Waals surface area (Å²) in [4.78, 5) is 16.1. The lowest BCUT2D eigenvalue weighted by Crippen LogP contribution is -2.31. The molecule has 3 rings (SSSR count). The largest absolute Gasteiger partial charge is 0.376 e. The summed E-state index contributed by atoms with van der Waals surface area (Å²) in [7, 11) is 0. The molecule has 0 saturated carbocycles. The van der Waals surface area contributed by atoms with Crippen LogP contribution in [0.3, 0.4) is 0 Å². The van der Waals surface area contributed by atoms with Gasteiger partial charge in [0.2, 0.25) is 0 Å². The van der Waals surface area contributed by atoms with Gasteiger partial charge in [0.15, 0.2) is 5.01 Å². The maximum Gasteiger partial charge on any atom is 0.280 e. The van der Waals surface area contributed by atoms with E-state index in [0.29, 0.717) is 21.8 Å². The Bertz CT molecular complexity index is 608. The number of fused-ring (bicyclic) bond motifs is 1. The first-order valence-corrected chi connectivity index (χ1v) is 7.00. The monoisotopic (exact) mass is 280 g/mol. The molecular formula is C13H13FN2O2S. The smallest absolute Gasteiger partial charge is 0.280 e. The summed E-state index contributed by atoms with van der Waals surface area (Å²) >= 11 is 1.20. The first-order valence-electron chi connectivity index (χ1n) is 6.18. The highest BCUT2D eigenvalue weighted by atomic mass is 32.1. The molecule has 2 heterocycles. The summed E-state index contributed by atoms with van der Waals surface area (Å²) in [6, 6.07) is 4.32. The number of benzene rings is 1. The molecule has 0 aliphatic carbocycles. The van der Waals surface area contributed by atoms with Gasteiger partial charge in [-0.15, -0.1) is 11.3 Å². The average molecular weight is 280 g/mol. The Balaban J connectivity index is 1.70. The lowest BCUT2D eigenvalue weighted by molar-refractivity contribution is 0.0857. The quantitative estimate of drug-likeness (QED) is 0.939. The first kappa shape index (κ1) is 12.5. The molecule has 1 aliphatic heterocycles. The van der Waals surface area contributed by atoms with Crippen LogP contribution in [0.25, 0.3) is 10.2 Å². The number of amides is 1. The highest BCUT2D eigenvalue weighted by Gasteiger charge is 2.18. The maximum absolute atomic E-state index is 13.1. The third-order valence-electron chi connectivity index (χ3n) is 3.06. The number of hydrogen-bond acceptors (Lipinski definition) is 4. The van der Waals surface area contributed by atoms with Gasteiger partial charge in [-0.3, -0.25) is 4.79 Å². The lowest BCUT2D eigenvalue weighted by atomic mass is 10.2. The number of hydrogen-bond donors (Lipinski definition) is 1. The van der Waals surface area contributed by atoms with Crippen LogP contribution in [0.15, 0.2) is 18.2 Å². The number of aromatic nitrogens is 1. The van der Waals surface area contributed by atoms with Crippen LogP contribution in [0.4, 0.5) is 4.39 Å². The summed E-state index contributed by atoms with van der Waals surface area (Å²) in [6.07, 6.45) is 2.13. The van der Waals surface area contributed by atoms with Crippen LogP contribution >= 0.6 is 11.3 Å². The number of carbonyl (C=O) groups excluding carboxylic acids is 1. The average Bonchev–Trinajstić information content (AvgIpc) is 3.04. The van der Waals surface area contributed by atoms with Crippen LogP contribution in [-0.4, -0.2) is 30.1 Å². The van der Waals surface area contributed by atoms with Crippen molar-refractivity contribution in [2.45, 2.75) is 18.9 Å². The number of carbonyl (C=O) groups is 1. The van der Waals surface area contributed by atoms with Crippen LogP contribution < -0.4 is 5.32 Å². The van der Waals surface area contributed by atoms with Gasteiger partial charge in [0, 0.05) is 13.2 Å². The molecule has 0 radical (unpaired) electrons. The molecule has 1 fully saturated rings. The van der Waals surface area contributed by atoms with Gasteiger partial charge in [0.25, 0.3) is 5.91 Å². The zero-order chi connectivity index (χ0) is 13.2. The fourth-order valence-corrected chi connectivity index (χ4v) is 2.99. The molecule has 1 aromatic heterocycles. The molecule has 4 nitrogen and oxygen atoms in total. The van der Waals surface area contributed by atoms with Gasteiger partial charge in [0.1, 0.15) is 5.82 Å². The third kappa shape index (κ3) is 2.74. The topological polar surface area (TPSA) is 51.2 Å². The zero-order valence-electron chi connectivity index (χ0n) is 10.2. The highest BCUT2D eigenvalue weighted by Crippen LogP contribution is 2.22. The normalized spacial score (nSPS) is 18.9. The number of ether oxygens (including phenoxy) is 1. The molecule has 1 N–H and O–H groups in total. The molecule has 6 heteroatoms. The predicted molar refractivity (Wildman–Crippen MR) is 70.9 cm³/mol. The van der Waals surface area contributed by atoms with Crippen LogP contribution in [-0.2, 0) is 4.74 Å². The van der Waals surface area contributed by atoms with E-state index < -0.39 is 0 Å². The van der Waals surface area contributed by atoms with Crippen molar-refractivity contribution in [1.29, 1.82) is 0 Å². The first-order chi connectivity index (χ1) is 9.22. The second-order valence-electron chi connectivity index (χ2n) is 4.48. The van der Waals surface area contributed by atoms with E-state index in [9.17, 15) is 9.18 Å². The van der Waals surface area contributed by atoms with E-state index in [1.54, 1.807) is 6.07 Å². The van der Waals surface area contributed by atoms with Crippen LogP contribution in [0.5, 0.6) is 0 Å². The minimum Gasteiger partial charge on any atom is -0.376 e. The van der Waals surface area contributed by atoms with E-state index in [1.165, 1.54) is 23.5 Å². The Kier molecular flexibility index (Phi) is 3.44. The van der Waals surface area contributed by atoms with Crippen molar-refractivity contribution < 1.29 is 13.9 Å². The van der Waals surface area contributed by atoms with Crippen molar-refractivity contribution in [2.24, 2.45) is 0 Å². The number of nitrogens with zero attached hydrogens (tertiary/aromatic N) is 1. The van der Waals surface area contributed by atoms with Gasteiger partial charge in [-0.05, 0) is 31.0 Å². The van der Waals surface area contributed by atoms with Crippen molar-refractivity contribution in [3.8, 4) is 0 Å². The molecule has 1 amide bonds. The van der Waals surface area contributed by atoms with E-state index in [2.05, 4.69) is 10.3 Å². The molecule has 100 valence electrons. The van der Waals surface area contributed by atoms with E-state index in [-0.39, 0.29) is 17.8 Å². The van der Waals surface area contributed by atoms with E-state index in [0.717, 1.165) is 19.4 Å². The molecule has 1 saturated heterocycles. The molecule has 2 aromatic rings. The van der Waals surface area contributed by atoms with Gasteiger partial charge in [-0.1, -0.05) is 0 Å². The van der Waals surface area contributed by atoms with Crippen LogP contribution in [0.2, 0.25) is 0 Å². The van der Waals surface area contributed by atoms with Gasteiger partial charge in [0.05, 0.1) is 16.3 Å². The predicted octanol–water partition coefficient (Wildman–Crippen LogP) is 2.34. The van der Waals surface area contributed by atoms with Crippen molar-refractivity contribution in [3.05, 3.63) is 29.0 Å². The van der Waals surface area contributed by atoms with Crippen molar-refractivity contribution >= 4 is 27.5 Å². The Morgan fingerprint density at radius 1 is 1.58 bits per heavy atom. The minimum absolute atomic E-state index is 0.107. The fraction of sp³-hybridized carbons (Fsp3) is 0.385. The third-order valence-corrected chi connectivity index (χ3v) is 4.08. The zero-order valence-corrected chi connectivity index (χ0v) is 11.0. The number of halogens is 1. The molecule has 1 aliphatic rings. The number of nitrogens with one attached hydrogen (secondary N) is 1. The second-order valence-corrected chi connectivity index (χ2v) is 5.51. The van der Waals surface area contributed by atoms with E-state index in [4.69, 9.17) is 4.74 Å². The molecular weight excluding hydrogens is 267 g/mol. The van der Waals surface area contributed by atoms with Gasteiger partial charge in [-0.2, -0.15) is 0 Å². The Morgan fingerprint density at radius 3 is 3.26 bits per heavy atom. The minimum atomic E-state index is -0.317. The Labute approximate surface area is 113 Å². The number of rotatable bonds is 3. The van der Waals surface area contributed by atoms with Crippen molar-refractivity contribution in [2.75, 3.05) is 13.2 Å². The Morgan fingerprint density at radius 2 is 2.47 bits per heavy atom. The van der Waals surface area contributed by atoms with Gasteiger partial charge < -0.3 is 10.1 Å². The molecule has 1 unspecified atom stereocenters. The standard InChI is InChI=1S/C13H13FN2O2S/c14-8-3-4-10-11(6-8)19-13(16-10)12(17)15-7-9-2-1-5-18-9/h3-4,6,9H,1-2,5,7H2,(H,15,17). The van der Waals surface area contributed by atoms with Crippen LogP contribution in [0.1, 0.15) is 22.6 Å². The lowest BCUT2D eigenvalue weighted by Gasteiger charge is -2.09. The SMILES string of the molecule is O=C(NCC1CCCO1)c1nc2ccc(F)cc2s1. The second kappa shape index (κ2) is 5.22. The summed E-state index contributed by atoms with van der Waals surface area (Å²) in [6.45, 7) is 1.27. The summed E-state index contributed by atoms with van der Waals surface area (Å²) in [5.74, 6) is -0.542. The maximum atomic E-state index is 13.1. The summed E-state index contributed by atoms with van der Waals surface area (Å²) in [5, 5.41) is 3.17. The molecule has 19 heavy (non-hydrogen) atoms. The molecule has 1 aromatic carbocycles. The molecule has 1 atom stereocenters. The summed E-state index contributed by atoms with van der Waals surface area (Å²) in [5.41, 5.74) is 0.647. The van der Waals surface area contributed by atoms with E-state index in [1.807, 2.05) is 0 Å². The van der Waals surface area contributed by atoms with Crippen molar-refractivity contribution in [3.63, 3.8) is 0 Å². The molecule has 0 bridgehead atoms. The summed E-state index contributed by atoms with van der Waals surface area (Å²) < 4.78 is 19.2. The Hall–Kier alpha value is -1.53. The number of thiazole rings is 1.